The number of halogens is 3. The third kappa shape index (κ3) is 4.16. The lowest BCUT2D eigenvalue weighted by atomic mass is 10.0. The van der Waals surface area contributed by atoms with Crippen LogP contribution in [-0.2, 0) is 24.4 Å². The number of fused-ring (bicyclic) bond motifs is 2. The summed E-state index contributed by atoms with van der Waals surface area (Å²) in [6.07, 6.45) is 2.09. The highest BCUT2D eigenvalue weighted by Gasteiger charge is 2.41. The van der Waals surface area contributed by atoms with Crippen molar-refractivity contribution in [2.45, 2.75) is 38.6 Å². The van der Waals surface area contributed by atoms with E-state index in [1.807, 2.05) is 0 Å². The summed E-state index contributed by atoms with van der Waals surface area (Å²) < 4.78 is 48.6. The van der Waals surface area contributed by atoms with Crippen LogP contribution in [0.1, 0.15) is 24.2 Å². The maximum atomic E-state index is 14.0. The molecule has 0 radical (unpaired) electrons. The minimum absolute atomic E-state index is 0.0907. The number of rotatable bonds is 5. The Morgan fingerprint density at radius 3 is 2.59 bits per heavy atom. The standard InChI is InChI=1S/C24H25F3N6O/c25-16-7-20(24(27)21(26)8-16)22-1-2-23(30-29-22)28-17-5-14-10-32(11-15(14)6-17)12-18-9-19-13-34-4-3-33(19)31-18/h1-2,7-9,14-15,17H,3-6,10-13H2,(H,28,30)/t14-,15+,17?. The number of hydrogen-bond donors (Lipinski definition) is 1. The first-order chi connectivity index (χ1) is 16.5. The van der Waals surface area contributed by atoms with Gasteiger partial charge in [-0.15, -0.1) is 10.2 Å². The second kappa shape index (κ2) is 8.66. The van der Waals surface area contributed by atoms with E-state index in [1.54, 1.807) is 6.07 Å². The van der Waals surface area contributed by atoms with E-state index in [9.17, 15) is 13.2 Å². The van der Waals surface area contributed by atoms with Crippen LogP contribution in [0.4, 0.5) is 19.0 Å². The maximum Gasteiger partial charge on any atom is 0.168 e. The second-order valence-corrected chi connectivity index (χ2v) is 9.48. The lowest BCUT2D eigenvalue weighted by Gasteiger charge is -2.19. The monoisotopic (exact) mass is 470 g/mol. The first kappa shape index (κ1) is 21.5. The van der Waals surface area contributed by atoms with Crippen molar-refractivity contribution >= 4 is 5.82 Å². The van der Waals surface area contributed by atoms with Crippen molar-refractivity contribution in [3.05, 3.63) is 59.2 Å². The van der Waals surface area contributed by atoms with Gasteiger partial charge < -0.3 is 10.1 Å². The Bertz CT molecular complexity index is 1160. The molecule has 3 atom stereocenters. The van der Waals surface area contributed by atoms with Crippen LogP contribution < -0.4 is 5.32 Å². The number of anilines is 1. The maximum absolute atomic E-state index is 14.0. The summed E-state index contributed by atoms with van der Waals surface area (Å²) in [6.45, 7) is 5.17. The Balaban J connectivity index is 1.04. The zero-order valence-corrected chi connectivity index (χ0v) is 18.6. The van der Waals surface area contributed by atoms with Crippen LogP contribution in [-0.4, -0.2) is 50.6 Å². The van der Waals surface area contributed by atoms with E-state index in [2.05, 4.69) is 31.2 Å². The number of hydrogen-bond acceptors (Lipinski definition) is 6. The van der Waals surface area contributed by atoms with Gasteiger partial charge in [-0.25, -0.2) is 13.2 Å². The van der Waals surface area contributed by atoms with Crippen LogP contribution >= 0.6 is 0 Å². The van der Waals surface area contributed by atoms with Gasteiger partial charge in [-0.3, -0.25) is 9.58 Å². The molecule has 4 heterocycles. The third-order valence-electron chi connectivity index (χ3n) is 7.11. The molecule has 34 heavy (non-hydrogen) atoms. The molecule has 1 saturated heterocycles. The van der Waals surface area contributed by atoms with Crippen LogP contribution in [0.3, 0.4) is 0 Å². The molecule has 7 nitrogen and oxygen atoms in total. The Morgan fingerprint density at radius 1 is 1.03 bits per heavy atom. The first-order valence-corrected chi connectivity index (χ1v) is 11.6. The molecule has 0 amide bonds. The molecular formula is C24H25F3N6O. The van der Waals surface area contributed by atoms with E-state index < -0.39 is 17.5 Å². The average molecular weight is 470 g/mol. The van der Waals surface area contributed by atoms with Gasteiger partial charge in [0, 0.05) is 37.3 Å². The summed E-state index contributed by atoms with van der Waals surface area (Å²) in [6, 6.07) is 7.08. The highest BCUT2D eigenvalue weighted by Crippen LogP contribution is 2.39. The number of likely N-dealkylation sites (tertiary alicyclic amines) is 1. The predicted molar refractivity (Wildman–Crippen MR) is 118 cm³/mol. The van der Waals surface area contributed by atoms with E-state index in [0.717, 1.165) is 63.1 Å². The third-order valence-corrected chi connectivity index (χ3v) is 7.11. The molecule has 1 saturated carbocycles. The van der Waals surface area contributed by atoms with Crippen molar-refractivity contribution in [3.63, 3.8) is 0 Å². The van der Waals surface area contributed by atoms with Crippen LogP contribution in [0, 0.1) is 29.3 Å². The molecule has 1 unspecified atom stereocenters. The summed E-state index contributed by atoms with van der Waals surface area (Å²) in [5.41, 5.74) is 2.12. The van der Waals surface area contributed by atoms with Crippen molar-refractivity contribution in [2.24, 2.45) is 11.8 Å². The van der Waals surface area contributed by atoms with Gasteiger partial charge in [0.2, 0.25) is 0 Å². The molecular weight excluding hydrogens is 445 g/mol. The Hall–Kier alpha value is -2.98. The molecule has 3 aliphatic rings. The molecule has 6 rings (SSSR count). The fraction of sp³-hybridized carbons (Fsp3) is 0.458. The Labute approximate surface area is 194 Å². The molecule has 2 aliphatic heterocycles. The molecule has 0 spiro atoms. The zero-order valence-electron chi connectivity index (χ0n) is 18.6. The zero-order chi connectivity index (χ0) is 23.2. The lowest BCUT2D eigenvalue weighted by Crippen LogP contribution is -2.25. The smallest absolute Gasteiger partial charge is 0.168 e. The molecule has 178 valence electrons. The second-order valence-electron chi connectivity index (χ2n) is 9.48. The first-order valence-electron chi connectivity index (χ1n) is 11.6. The largest absolute Gasteiger partial charge is 0.373 e. The summed E-state index contributed by atoms with van der Waals surface area (Å²) in [5.74, 6) is -1.41. The van der Waals surface area contributed by atoms with E-state index in [1.165, 1.54) is 6.07 Å². The van der Waals surface area contributed by atoms with E-state index >= 15 is 0 Å². The predicted octanol–water partition coefficient (Wildman–Crippen LogP) is 3.61. The van der Waals surface area contributed by atoms with Gasteiger partial charge in [0.15, 0.2) is 11.6 Å². The molecule has 0 bridgehead atoms. The molecule has 2 aromatic heterocycles. The molecule has 3 aromatic rings. The summed E-state index contributed by atoms with van der Waals surface area (Å²) in [7, 11) is 0. The van der Waals surface area contributed by atoms with Gasteiger partial charge in [0.25, 0.3) is 0 Å². The van der Waals surface area contributed by atoms with Gasteiger partial charge >= 0.3 is 0 Å². The van der Waals surface area contributed by atoms with Gasteiger partial charge in [-0.1, -0.05) is 0 Å². The van der Waals surface area contributed by atoms with E-state index in [-0.39, 0.29) is 17.3 Å². The molecule has 10 heteroatoms. The van der Waals surface area contributed by atoms with Crippen molar-refractivity contribution in [3.8, 4) is 11.3 Å². The fourth-order valence-corrected chi connectivity index (χ4v) is 5.61. The highest BCUT2D eigenvalue weighted by atomic mass is 19.2. The minimum Gasteiger partial charge on any atom is -0.373 e. The van der Waals surface area contributed by atoms with Crippen molar-refractivity contribution in [1.29, 1.82) is 0 Å². The van der Waals surface area contributed by atoms with Crippen molar-refractivity contribution in [2.75, 3.05) is 25.0 Å². The number of nitrogens with zero attached hydrogens (tertiary/aromatic N) is 5. The number of nitrogens with one attached hydrogen (secondary N) is 1. The molecule has 1 N–H and O–H groups in total. The minimum atomic E-state index is -1.24. The average Bonchev–Trinajstić information content (AvgIpc) is 3.49. The van der Waals surface area contributed by atoms with Gasteiger partial charge in [0.05, 0.1) is 36.8 Å². The molecule has 1 aromatic carbocycles. The highest BCUT2D eigenvalue weighted by molar-refractivity contribution is 5.60. The van der Waals surface area contributed by atoms with Gasteiger partial charge in [-0.05, 0) is 48.9 Å². The topological polar surface area (TPSA) is 68.1 Å². The van der Waals surface area contributed by atoms with Crippen LogP contribution in [0.2, 0.25) is 0 Å². The van der Waals surface area contributed by atoms with Crippen LogP contribution in [0.5, 0.6) is 0 Å². The summed E-state index contributed by atoms with van der Waals surface area (Å²) in [5, 5.41) is 16.2. The SMILES string of the molecule is Fc1cc(F)c(F)c(-c2ccc(NC3C[C@@H]4CN(Cc5cc6n(n5)CCOC6)C[C@@H]4C3)nn2)c1. The summed E-state index contributed by atoms with van der Waals surface area (Å²) >= 11 is 0. The fourth-order valence-electron chi connectivity index (χ4n) is 5.61. The van der Waals surface area contributed by atoms with Gasteiger partial charge in [0.1, 0.15) is 11.6 Å². The van der Waals surface area contributed by atoms with Crippen molar-refractivity contribution < 1.29 is 17.9 Å². The molecule has 1 aliphatic carbocycles. The number of ether oxygens (including phenoxy) is 1. The quantitative estimate of drug-likeness (QED) is 0.575. The molecule has 2 fully saturated rings. The number of benzene rings is 1. The Kier molecular flexibility index (Phi) is 5.49. The van der Waals surface area contributed by atoms with Gasteiger partial charge in [-0.2, -0.15) is 5.10 Å². The van der Waals surface area contributed by atoms with Crippen LogP contribution in [0.15, 0.2) is 30.3 Å². The lowest BCUT2D eigenvalue weighted by molar-refractivity contribution is 0.0799. The normalized spacial score (nSPS) is 24.3. The summed E-state index contributed by atoms with van der Waals surface area (Å²) in [4.78, 5) is 2.49. The van der Waals surface area contributed by atoms with E-state index in [0.29, 0.717) is 30.3 Å². The van der Waals surface area contributed by atoms with Crippen LogP contribution in [0.25, 0.3) is 11.3 Å². The Morgan fingerprint density at radius 2 is 1.85 bits per heavy atom. The van der Waals surface area contributed by atoms with E-state index in [4.69, 9.17) is 9.84 Å². The van der Waals surface area contributed by atoms with Crippen molar-refractivity contribution in [1.82, 2.24) is 24.9 Å². The number of aromatic nitrogens is 4.